The highest BCUT2D eigenvalue weighted by Crippen LogP contribution is 2.40. The third kappa shape index (κ3) is 6.06. The van der Waals surface area contributed by atoms with Crippen molar-refractivity contribution in [3.05, 3.63) is 0 Å². The average Bonchev–Trinajstić information content (AvgIpc) is 2.64. The van der Waals surface area contributed by atoms with Gasteiger partial charge in [0.25, 0.3) is 0 Å². The molecule has 3 fully saturated rings. The molecule has 3 rings (SSSR count). The molecule has 0 aromatic carbocycles. The minimum Gasteiger partial charge on any atom is -0.462 e. The molecule has 3 aliphatic rings. The molecule has 0 radical (unpaired) electrons. The van der Waals surface area contributed by atoms with Crippen molar-refractivity contribution in [1.29, 1.82) is 0 Å². The van der Waals surface area contributed by atoms with E-state index in [0.29, 0.717) is 5.92 Å². The van der Waals surface area contributed by atoms with Crippen LogP contribution >= 0.6 is 0 Å². The number of hydrogen-bond acceptors (Lipinski definition) is 3. The van der Waals surface area contributed by atoms with Gasteiger partial charge in [-0.25, -0.2) is 4.39 Å². The Hall–Kier alpha value is -0.850. The number of rotatable bonds is 4. The van der Waals surface area contributed by atoms with Gasteiger partial charge in [-0.3, -0.25) is 9.53 Å². The summed E-state index contributed by atoms with van der Waals surface area (Å²) in [5.41, 5.74) is 0. The lowest BCUT2D eigenvalue weighted by Crippen LogP contribution is -2.40. The fraction of sp³-hybridized carbons (Fsp3) is 0.950. The normalized spacial score (nSPS) is 36.4. The predicted molar refractivity (Wildman–Crippen MR) is 91.6 cm³/mol. The molecular weight excluding hydrogens is 364 g/mol. The van der Waals surface area contributed by atoms with E-state index in [1.807, 2.05) is 0 Å². The summed E-state index contributed by atoms with van der Waals surface area (Å²) in [6, 6.07) is 0. The Morgan fingerprint density at radius 2 is 1.44 bits per heavy atom. The van der Waals surface area contributed by atoms with Crippen molar-refractivity contribution in [2.24, 2.45) is 17.8 Å². The van der Waals surface area contributed by atoms with Gasteiger partial charge >= 0.3 is 12.3 Å². The van der Waals surface area contributed by atoms with Crippen LogP contribution in [0.15, 0.2) is 0 Å². The fourth-order valence-electron chi connectivity index (χ4n) is 5.16. The highest BCUT2D eigenvalue weighted by molar-refractivity contribution is 5.72. The summed E-state index contributed by atoms with van der Waals surface area (Å²) < 4.78 is 60.0. The lowest BCUT2D eigenvalue weighted by Gasteiger charge is -2.36. The van der Waals surface area contributed by atoms with E-state index < -0.39 is 24.7 Å². The summed E-state index contributed by atoms with van der Waals surface area (Å²) >= 11 is 0. The first-order valence-electron chi connectivity index (χ1n) is 10.4. The number of halogens is 4. The molecule has 27 heavy (non-hydrogen) atoms. The third-order valence-corrected chi connectivity index (χ3v) is 6.65. The van der Waals surface area contributed by atoms with Gasteiger partial charge in [-0.05, 0) is 50.4 Å². The summed E-state index contributed by atoms with van der Waals surface area (Å²) in [5.74, 6) is 1.06. The number of carbonyl (C=O) groups is 1. The number of carbonyl (C=O) groups excluding carboxylic acids is 1. The summed E-state index contributed by atoms with van der Waals surface area (Å²) in [5, 5.41) is 0. The first-order chi connectivity index (χ1) is 12.8. The van der Waals surface area contributed by atoms with E-state index in [1.165, 1.54) is 32.1 Å². The molecule has 0 aliphatic heterocycles. The zero-order valence-corrected chi connectivity index (χ0v) is 15.7. The van der Waals surface area contributed by atoms with Crippen LogP contribution in [-0.4, -0.2) is 30.7 Å². The van der Waals surface area contributed by atoms with Crippen LogP contribution in [0.4, 0.5) is 17.6 Å². The van der Waals surface area contributed by atoms with Crippen LogP contribution in [-0.2, 0) is 14.3 Å². The van der Waals surface area contributed by atoms with Gasteiger partial charge in [0.15, 0.2) is 0 Å². The number of ether oxygens (including phenoxy) is 2. The second-order valence-corrected chi connectivity index (χ2v) is 8.50. The molecule has 0 amide bonds. The summed E-state index contributed by atoms with van der Waals surface area (Å²) in [6.07, 6.45) is 1.46. The Bertz CT molecular complexity index is 482. The van der Waals surface area contributed by atoms with Gasteiger partial charge in [0.1, 0.15) is 12.3 Å². The zero-order chi connectivity index (χ0) is 19.4. The molecule has 7 heteroatoms. The van der Waals surface area contributed by atoms with Crippen LogP contribution in [0.5, 0.6) is 0 Å². The van der Waals surface area contributed by atoms with Gasteiger partial charge in [0.05, 0.1) is 12.0 Å². The van der Waals surface area contributed by atoms with Gasteiger partial charge in [-0.1, -0.05) is 32.1 Å². The van der Waals surface area contributed by atoms with Crippen molar-refractivity contribution >= 4 is 5.97 Å². The quantitative estimate of drug-likeness (QED) is 0.452. The monoisotopic (exact) mass is 394 g/mol. The highest BCUT2D eigenvalue weighted by atomic mass is 19.4. The highest BCUT2D eigenvalue weighted by Gasteiger charge is 2.42. The van der Waals surface area contributed by atoms with E-state index in [-0.39, 0.29) is 31.1 Å². The topological polar surface area (TPSA) is 35.5 Å². The van der Waals surface area contributed by atoms with Gasteiger partial charge in [0.2, 0.25) is 0 Å². The summed E-state index contributed by atoms with van der Waals surface area (Å²) in [4.78, 5) is 12.4. The van der Waals surface area contributed by atoms with Gasteiger partial charge < -0.3 is 4.74 Å². The Labute approximate surface area is 158 Å². The summed E-state index contributed by atoms with van der Waals surface area (Å²) in [6.45, 7) is 0. The number of hydrogen-bond donors (Lipinski definition) is 0. The second kappa shape index (κ2) is 9.10. The molecule has 3 saturated carbocycles. The standard InChI is InChI=1S/C20H30F4O3/c21-17-12-16(10-11-18(17)27-20(22,23)24)26-19(25)15-8-6-14(7-9-15)13-4-2-1-3-5-13/h13-18H,1-12H2. The molecule has 156 valence electrons. The summed E-state index contributed by atoms with van der Waals surface area (Å²) in [7, 11) is 0. The van der Waals surface area contributed by atoms with Gasteiger partial charge in [0, 0.05) is 6.42 Å². The molecule has 0 bridgehead atoms. The molecule has 0 saturated heterocycles. The van der Waals surface area contributed by atoms with Crippen molar-refractivity contribution in [3.63, 3.8) is 0 Å². The molecule has 0 aromatic heterocycles. The lowest BCUT2D eigenvalue weighted by molar-refractivity contribution is -0.352. The number of esters is 1. The minimum atomic E-state index is -4.84. The van der Waals surface area contributed by atoms with E-state index in [0.717, 1.165) is 31.6 Å². The molecule has 0 aromatic rings. The average molecular weight is 394 g/mol. The Morgan fingerprint density at radius 1 is 0.815 bits per heavy atom. The van der Waals surface area contributed by atoms with Crippen molar-refractivity contribution < 1.29 is 31.8 Å². The second-order valence-electron chi connectivity index (χ2n) is 8.50. The van der Waals surface area contributed by atoms with E-state index in [2.05, 4.69) is 4.74 Å². The molecule has 3 atom stereocenters. The lowest BCUT2D eigenvalue weighted by atomic mass is 9.71. The van der Waals surface area contributed by atoms with Crippen LogP contribution in [0.25, 0.3) is 0 Å². The third-order valence-electron chi connectivity index (χ3n) is 6.65. The Morgan fingerprint density at radius 3 is 2.04 bits per heavy atom. The Kier molecular flexibility index (Phi) is 7.03. The van der Waals surface area contributed by atoms with Crippen molar-refractivity contribution in [2.45, 2.75) is 102 Å². The largest absolute Gasteiger partial charge is 0.522 e. The number of alkyl halides is 4. The SMILES string of the molecule is O=C(OC1CCC(OC(F)(F)F)C(F)C1)C1CCC(C2CCCCC2)CC1. The molecule has 3 nitrogen and oxygen atoms in total. The maximum atomic E-state index is 14.0. The van der Waals surface area contributed by atoms with Crippen LogP contribution in [0.1, 0.15) is 77.0 Å². The minimum absolute atomic E-state index is 0.0902. The first-order valence-corrected chi connectivity index (χ1v) is 10.4. The van der Waals surface area contributed by atoms with E-state index in [1.54, 1.807) is 0 Å². The first kappa shape index (κ1) is 20.9. The van der Waals surface area contributed by atoms with E-state index >= 15 is 0 Å². The maximum Gasteiger partial charge on any atom is 0.522 e. The maximum absolute atomic E-state index is 14.0. The predicted octanol–water partition coefficient (Wildman–Crippen LogP) is 5.71. The van der Waals surface area contributed by atoms with E-state index in [4.69, 9.17) is 4.74 Å². The molecule has 0 heterocycles. The van der Waals surface area contributed by atoms with Crippen LogP contribution in [0, 0.1) is 17.8 Å². The molecule has 0 N–H and O–H groups in total. The van der Waals surface area contributed by atoms with Crippen molar-refractivity contribution in [2.75, 3.05) is 0 Å². The smallest absolute Gasteiger partial charge is 0.462 e. The molecular formula is C20H30F4O3. The van der Waals surface area contributed by atoms with Crippen LogP contribution in [0.3, 0.4) is 0 Å². The van der Waals surface area contributed by atoms with Gasteiger partial charge in [-0.2, -0.15) is 0 Å². The zero-order valence-electron chi connectivity index (χ0n) is 15.7. The van der Waals surface area contributed by atoms with E-state index in [9.17, 15) is 22.4 Å². The Balaban J connectivity index is 1.40. The fourth-order valence-corrected chi connectivity index (χ4v) is 5.16. The van der Waals surface area contributed by atoms with Crippen LogP contribution < -0.4 is 0 Å². The molecule has 3 aliphatic carbocycles. The molecule has 3 unspecified atom stereocenters. The van der Waals surface area contributed by atoms with Gasteiger partial charge in [-0.15, -0.1) is 13.2 Å². The van der Waals surface area contributed by atoms with Crippen LogP contribution in [0.2, 0.25) is 0 Å². The van der Waals surface area contributed by atoms with Crippen molar-refractivity contribution in [1.82, 2.24) is 0 Å². The van der Waals surface area contributed by atoms with Crippen molar-refractivity contribution in [3.8, 4) is 0 Å². The molecule has 0 spiro atoms.